The van der Waals surface area contributed by atoms with Gasteiger partial charge in [0.1, 0.15) is 17.2 Å². The number of benzene rings is 2. The van der Waals surface area contributed by atoms with Crippen LogP contribution in [0.25, 0.3) is 21.7 Å². The van der Waals surface area contributed by atoms with Crippen molar-refractivity contribution in [1.29, 1.82) is 0 Å². The number of rotatable bonds is 12. The molecule has 0 spiro atoms. The minimum Gasteiger partial charge on any atom is -0.507 e. The molecular weight excluding hydrogens is 739 g/mol. The van der Waals surface area contributed by atoms with Crippen molar-refractivity contribution < 1.29 is 28.6 Å². The number of carbonyl (C=O) groups excluding carboxylic acids is 2. The van der Waals surface area contributed by atoms with Crippen molar-refractivity contribution in [1.82, 2.24) is 30.3 Å². The van der Waals surface area contributed by atoms with Gasteiger partial charge in [-0.25, -0.2) is 13.8 Å². The number of β-amino-alcohol motifs (C(OH)–C–C–N with tert-alkyl or cyclic N) is 1. The Labute approximate surface area is 330 Å². The Morgan fingerprint density at radius 2 is 1.79 bits per heavy atom. The highest BCUT2D eigenvalue weighted by molar-refractivity contribution is 7.13. The van der Waals surface area contributed by atoms with Crippen LogP contribution in [0, 0.1) is 29.9 Å². The summed E-state index contributed by atoms with van der Waals surface area (Å²) in [6.45, 7) is 16.4. The monoisotopic (exact) mass is 788 g/mol. The number of carbonyl (C=O) groups is 2. The number of likely N-dealkylation sites (tertiary alicyclic amines) is 1. The molecule has 2 saturated heterocycles. The molecule has 56 heavy (non-hydrogen) atoms. The van der Waals surface area contributed by atoms with E-state index in [0.717, 1.165) is 33.8 Å². The van der Waals surface area contributed by atoms with E-state index in [9.17, 15) is 28.6 Å². The molecule has 2 aromatic heterocycles. The van der Waals surface area contributed by atoms with E-state index < -0.39 is 46.4 Å². The van der Waals surface area contributed by atoms with Crippen molar-refractivity contribution >= 4 is 34.5 Å². The van der Waals surface area contributed by atoms with E-state index in [1.165, 1.54) is 6.07 Å². The smallest absolute Gasteiger partial charge is 0.227 e. The van der Waals surface area contributed by atoms with Gasteiger partial charge in [-0.05, 0) is 48.6 Å². The number of aromatic nitrogens is 3. The molecular formula is C41H50F2N8O4S. The van der Waals surface area contributed by atoms with E-state index >= 15 is 0 Å². The van der Waals surface area contributed by atoms with E-state index in [2.05, 4.69) is 51.3 Å². The predicted octanol–water partition coefficient (Wildman–Crippen LogP) is 5.71. The summed E-state index contributed by atoms with van der Waals surface area (Å²) in [7, 11) is 0. The summed E-state index contributed by atoms with van der Waals surface area (Å²) in [5.41, 5.74) is 11.2. The van der Waals surface area contributed by atoms with Crippen molar-refractivity contribution in [3.05, 3.63) is 83.1 Å². The van der Waals surface area contributed by atoms with E-state index in [4.69, 9.17) is 5.73 Å². The number of hydrogen-bond acceptors (Lipinski definition) is 12. The quantitative estimate of drug-likeness (QED) is 0.139. The number of nitrogen functional groups attached to an aromatic ring is 1. The molecule has 298 valence electrons. The molecule has 4 heterocycles. The second kappa shape index (κ2) is 16.6. The van der Waals surface area contributed by atoms with Crippen LogP contribution in [0.5, 0.6) is 5.75 Å². The summed E-state index contributed by atoms with van der Waals surface area (Å²) in [6, 6.07) is 11.1. The number of aryl methyl sites for hydroxylation is 1. The third kappa shape index (κ3) is 8.85. The predicted molar refractivity (Wildman–Crippen MR) is 214 cm³/mol. The zero-order valence-electron chi connectivity index (χ0n) is 32.4. The first-order valence-corrected chi connectivity index (χ1v) is 19.6. The minimum absolute atomic E-state index is 0.0387. The van der Waals surface area contributed by atoms with E-state index in [1.807, 2.05) is 49.9 Å². The van der Waals surface area contributed by atoms with Gasteiger partial charge in [0.15, 0.2) is 17.5 Å². The number of aliphatic hydroxyl groups excluding tert-OH is 1. The van der Waals surface area contributed by atoms with E-state index in [0.29, 0.717) is 44.0 Å². The lowest BCUT2D eigenvalue weighted by atomic mass is 9.76. The number of thiazole rings is 1. The number of halogens is 2. The molecule has 2 aliphatic rings. The van der Waals surface area contributed by atoms with Crippen LogP contribution in [0.4, 0.5) is 20.3 Å². The molecule has 4 atom stereocenters. The zero-order valence-corrected chi connectivity index (χ0v) is 33.2. The lowest BCUT2D eigenvalue weighted by molar-refractivity contribution is -0.142. The molecule has 5 N–H and O–H groups in total. The molecule has 2 aliphatic heterocycles. The molecule has 0 saturated carbocycles. The number of ketones is 1. The highest BCUT2D eigenvalue weighted by atomic mass is 32.1. The number of nitrogens with two attached hydrogens (primary N) is 1. The minimum atomic E-state index is -1.24. The zero-order chi connectivity index (χ0) is 40.5. The van der Waals surface area contributed by atoms with Gasteiger partial charge in [0.05, 0.1) is 46.0 Å². The molecule has 12 nitrogen and oxygen atoms in total. The number of Topliss-reactive ketones (excluding diaryl/α,β-unsaturated/α-hetero) is 1. The number of aliphatic hydroxyl groups is 1. The van der Waals surface area contributed by atoms with Crippen LogP contribution in [0.1, 0.15) is 57.8 Å². The molecule has 0 radical (unpaired) electrons. The first kappa shape index (κ1) is 40.7. The van der Waals surface area contributed by atoms with Crippen LogP contribution in [0.15, 0.2) is 60.3 Å². The average Bonchev–Trinajstić information content (AvgIpc) is 3.77. The lowest BCUT2D eigenvalue weighted by Crippen LogP contribution is -2.49. The van der Waals surface area contributed by atoms with E-state index in [1.54, 1.807) is 16.2 Å². The fourth-order valence-corrected chi connectivity index (χ4v) is 8.36. The first-order chi connectivity index (χ1) is 26.5. The lowest BCUT2D eigenvalue weighted by Gasteiger charge is -2.38. The molecule has 0 bridgehead atoms. The maximum atomic E-state index is 14.6. The number of phenolic OH excluding ortho intramolecular Hbond substituents is 1. The SMILES string of the molecule is C=C(N[C@@H](C)c1ccc(-c2scnc2C)cc1)[C@@H]1C[C@@H](O)CN1C(=O)[C@@H](CC(=O)CN1CCN(c2cc(-c3c(O)ccc(F)c3F)nnc2N)CC1)C(C)(C)C. The van der Waals surface area contributed by atoms with Gasteiger partial charge >= 0.3 is 0 Å². The third-order valence-electron chi connectivity index (χ3n) is 10.8. The number of hydrogen-bond donors (Lipinski definition) is 4. The molecule has 4 aromatic rings. The summed E-state index contributed by atoms with van der Waals surface area (Å²) in [4.78, 5) is 39.1. The molecule has 15 heteroatoms. The number of anilines is 2. The van der Waals surface area contributed by atoms with Gasteiger partial charge in [0.2, 0.25) is 5.91 Å². The van der Waals surface area contributed by atoms with Crippen molar-refractivity contribution in [3.8, 4) is 27.4 Å². The van der Waals surface area contributed by atoms with Crippen molar-refractivity contribution in [3.63, 3.8) is 0 Å². The number of aromatic hydroxyl groups is 1. The van der Waals surface area contributed by atoms with Gasteiger partial charge in [-0.2, -0.15) is 0 Å². The summed E-state index contributed by atoms with van der Waals surface area (Å²) in [5.74, 6) is -3.63. The number of phenols is 1. The third-order valence-corrected chi connectivity index (χ3v) is 11.8. The Kier molecular flexibility index (Phi) is 12.1. The molecule has 6 rings (SSSR count). The first-order valence-electron chi connectivity index (χ1n) is 18.8. The van der Waals surface area contributed by atoms with Crippen molar-refractivity contribution in [2.75, 3.05) is 49.9 Å². The second-order valence-electron chi connectivity index (χ2n) is 15.9. The number of piperazine rings is 1. The van der Waals surface area contributed by atoms with Gasteiger partial charge in [0.25, 0.3) is 0 Å². The Morgan fingerprint density at radius 3 is 2.43 bits per heavy atom. The van der Waals surface area contributed by atoms with Gasteiger partial charge in [-0.15, -0.1) is 21.5 Å². The normalized spacial score (nSPS) is 18.9. The largest absolute Gasteiger partial charge is 0.507 e. The molecule has 2 fully saturated rings. The van der Waals surface area contributed by atoms with Crippen molar-refractivity contribution in [2.45, 2.75) is 65.6 Å². The van der Waals surface area contributed by atoms with Crippen LogP contribution in [0.2, 0.25) is 0 Å². The topological polar surface area (TPSA) is 161 Å². The summed E-state index contributed by atoms with van der Waals surface area (Å²) < 4.78 is 28.6. The fourth-order valence-electron chi connectivity index (χ4n) is 7.55. The molecule has 0 unspecified atom stereocenters. The Morgan fingerprint density at radius 1 is 1.09 bits per heavy atom. The van der Waals surface area contributed by atoms with Crippen LogP contribution >= 0.6 is 11.3 Å². The summed E-state index contributed by atoms with van der Waals surface area (Å²) >= 11 is 1.61. The summed E-state index contributed by atoms with van der Waals surface area (Å²) in [6.07, 6.45) is -0.330. The van der Waals surface area contributed by atoms with Crippen LogP contribution in [-0.2, 0) is 9.59 Å². The van der Waals surface area contributed by atoms with Gasteiger partial charge in [-0.3, -0.25) is 14.5 Å². The fraction of sp³-hybridized carbons (Fsp3) is 0.439. The maximum absolute atomic E-state index is 14.6. The molecule has 2 aromatic carbocycles. The molecule has 1 amide bonds. The number of nitrogens with one attached hydrogen (secondary N) is 1. The Bertz CT molecular complexity index is 2080. The Balaban J connectivity index is 1.06. The van der Waals surface area contributed by atoms with E-state index in [-0.39, 0.29) is 48.8 Å². The van der Waals surface area contributed by atoms with Crippen LogP contribution in [-0.4, -0.2) is 98.3 Å². The standard InChI is InChI=1S/C41H50F2N8O4S/c1-23(26-7-9-27(10-8-26)38-25(3)45-22-56-38)46-24(2)33-18-29(53)21-51(33)40(55)30(41(4,5)6)17-28(52)20-49-13-15-50(16-14-49)34-19-32(47-48-39(34)44)36-35(54)12-11-31(42)37(36)43/h7-12,19,22-23,29-30,33,46,53-54H,2,13-18,20-21H2,1,3-6H3,(H2,44,48)/t23-,29+,30+,33-/m0/s1. The Hall–Kier alpha value is -4.99. The average molecular weight is 789 g/mol. The highest BCUT2D eigenvalue weighted by Crippen LogP contribution is 2.37. The number of nitrogens with zero attached hydrogens (tertiary/aromatic N) is 6. The van der Waals surface area contributed by atoms with Gasteiger partial charge in [0, 0.05) is 63.2 Å². The highest BCUT2D eigenvalue weighted by Gasteiger charge is 2.43. The maximum Gasteiger partial charge on any atom is 0.227 e. The second-order valence-corrected chi connectivity index (χ2v) is 16.7. The van der Waals surface area contributed by atoms with Gasteiger partial charge < -0.3 is 31.1 Å². The van der Waals surface area contributed by atoms with Gasteiger partial charge in [-0.1, -0.05) is 51.6 Å². The summed E-state index contributed by atoms with van der Waals surface area (Å²) in [5, 5.41) is 32.3. The van der Waals surface area contributed by atoms with Crippen LogP contribution < -0.4 is 16.0 Å². The van der Waals surface area contributed by atoms with Crippen molar-refractivity contribution in [2.24, 2.45) is 11.3 Å². The molecule has 0 aliphatic carbocycles. The number of amides is 1. The van der Waals surface area contributed by atoms with Crippen LogP contribution in [0.3, 0.4) is 0 Å².